The molecule has 29 heavy (non-hydrogen) atoms. The first-order valence-electron chi connectivity index (χ1n) is 9.69. The van der Waals surface area contributed by atoms with Crippen LogP contribution in [-0.2, 0) is 19.1 Å². The number of nitrogens with zero attached hydrogens (tertiary/aromatic N) is 1. The van der Waals surface area contributed by atoms with E-state index < -0.39 is 35.8 Å². The van der Waals surface area contributed by atoms with Crippen molar-refractivity contribution in [2.45, 2.75) is 45.4 Å². The van der Waals surface area contributed by atoms with Crippen LogP contribution in [0.1, 0.15) is 37.6 Å². The van der Waals surface area contributed by atoms with Crippen LogP contribution in [0.2, 0.25) is 0 Å². The third-order valence-electron chi connectivity index (χ3n) is 5.45. The molecule has 4 atom stereocenters. The van der Waals surface area contributed by atoms with Gasteiger partial charge in [0.05, 0.1) is 0 Å². The molecule has 0 spiro atoms. The molecule has 0 aromatic heterocycles. The molecule has 8 nitrogen and oxygen atoms in total. The lowest BCUT2D eigenvalue weighted by atomic mass is 9.90. The fraction of sp³-hybridized carbons (Fsp3) is 0.524. The zero-order chi connectivity index (χ0) is 21.7. The molecular weight excluding hydrogens is 374 g/mol. The molecule has 8 heteroatoms. The number of Topliss-reactive ketones (excluding diaryl/α,β-unsaturated/α-hetero) is 1. The van der Waals surface area contributed by atoms with Gasteiger partial charge in [-0.2, -0.15) is 0 Å². The van der Waals surface area contributed by atoms with E-state index >= 15 is 0 Å². The predicted molar refractivity (Wildman–Crippen MR) is 107 cm³/mol. The molecule has 1 heterocycles. The maximum Gasteiger partial charge on any atom is 0.251 e. The van der Waals surface area contributed by atoms with Gasteiger partial charge in [0.25, 0.3) is 5.91 Å². The summed E-state index contributed by atoms with van der Waals surface area (Å²) in [6.45, 7) is 5.79. The summed E-state index contributed by atoms with van der Waals surface area (Å²) in [5, 5.41) is 2.78. The van der Waals surface area contributed by atoms with Crippen LogP contribution >= 0.6 is 0 Å². The van der Waals surface area contributed by atoms with Crippen LogP contribution in [0.4, 0.5) is 0 Å². The first-order chi connectivity index (χ1) is 13.6. The van der Waals surface area contributed by atoms with Crippen LogP contribution in [0.25, 0.3) is 0 Å². The van der Waals surface area contributed by atoms with E-state index in [0.29, 0.717) is 17.9 Å². The molecule has 158 valence electrons. The lowest BCUT2D eigenvalue weighted by Crippen LogP contribution is -2.56. The number of carbonyl (C=O) groups excluding carboxylic acids is 4. The van der Waals surface area contributed by atoms with E-state index in [1.807, 2.05) is 20.8 Å². The van der Waals surface area contributed by atoms with Crippen molar-refractivity contribution in [1.82, 2.24) is 10.2 Å². The lowest BCUT2D eigenvalue weighted by Gasteiger charge is -2.31. The highest BCUT2D eigenvalue weighted by molar-refractivity contribution is 6.01. The van der Waals surface area contributed by atoms with E-state index in [1.54, 1.807) is 30.3 Å². The Morgan fingerprint density at radius 2 is 1.83 bits per heavy atom. The summed E-state index contributed by atoms with van der Waals surface area (Å²) < 4.78 is 5.15. The normalized spacial score (nSPS) is 20.9. The quantitative estimate of drug-likeness (QED) is 0.664. The van der Waals surface area contributed by atoms with Crippen LogP contribution in [0.15, 0.2) is 30.3 Å². The zero-order valence-corrected chi connectivity index (χ0v) is 17.3. The van der Waals surface area contributed by atoms with E-state index in [9.17, 15) is 19.2 Å². The minimum atomic E-state index is -1.19. The second-order valence-electron chi connectivity index (χ2n) is 7.84. The second kappa shape index (κ2) is 9.65. The minimum Gasteiger partial charge on any atom is -0.367 e. The first kappa shape index (κ1) is 22.5. The van der Waals surface area contributed by atoms with Gasteiger partial charge in [-0.3, -0.25) is 19.2 Å². The molecule has 1 aromatic rings. The highest BCUT2D eigenvalue weighted by Crippen LogP contribution is 2.21. The topological polar surface area (TPSA) is 119 Å². The second-order valence-corrected chi connectivity index (χ2v) is 7.84. The Bertz CT molecular complexity index is 765. The maximum absolute atomic E-state index is 13.2. The van der Waals surface area contributed by atoms with Crippen molar-refractivity contribution in [1.29, 1.82) is 0 Å². The fourth-order valence-corrected chi connectivity index (χ4v) is 3.25. The third-order valence-corrected chi connectivity index (χ3v) is 5.45. The Kier molecular flexibility index (Phi) is 7.50. The van der Waals surface area contributed by atoms with Crippen LogP contribution in [0.3, 0.4) is 0 Å². The summed E-state index contributed by atoms with van der Waals surface area (Å²) in [5.41, 5.74) is 5.75. The SMILES string of the molecule is CC(C)C(C)C[C@H](NC(=O)c1ccccc1)C(=O)N(C)C1C(=O)COC1C(N)=O. The lowest BCUT2D eigenvalue weighted by molar-refractivity contribution is -0.141. The van der Waals surface area contributed by atoms with Gasteiger partial charge in [-0.25, -0.2) is 0 Å². The van der Waals surface area contributed by atoms with Crippen LogP contribution < -0.4 is 11.1 Å². The van der Waals surface area contributed by atoms with E-state index in [-0.39, 0.29) is 18.4 Å². The number of amides is 3. The number of likely N-dealkylation sites (N-methyl/N-ethyl adjacent to an activating group) is 1. The number of ketones is 1. The molecule has 1 aromatic carbocycles. The number of nitrogens with one attached hydrogen (secondary N) is 1. The Balaban J connectivity index is 2.24. The molecule has 1 fully saturated rings. The van der Waals surface area contributed by atoms with Crippen molar-refractivity contribution in [3.8, 4) is 0 Å². The summed E-state index contributed by atoms with van der Waals surface area (Å²) in [7, 11) is 1.43. The standard InChI is InChI=1S/C21H29N3O5/c1-12(2)13(3)10-15(23-20(27)14-8-6-5-7-9-14)21(28)24(4)17-16(25)11-29-18(17)19(22)26/h5-9,12-13,15,17-18H,10-11H2,1-4H3,(H2,22,26)(H,23,27)/t13?,15-,17?,18?/m0/s1. The molecule has 1 saturated heterocycles. The number of hydrogen-bond acceptors (Lipinski definition) is 5. The molecule has 0 saturated carbocycles. The average molecular weight is 403 g/mol. The Hall–Kier alpha value is -2.74. The fourth-order valence-electron chi connectivity index (χ4n) is 3.25. The number of nitrogens with two attached hydrogens (primary N) is 1. The molecule has 0 radical (unpaired) electrons. The highest BCUT2D eigenvalue weighted by atomic mass is 16.5. The summed E-state index contributed by atoms with van der Waals surface area (Å²) in [5.74, 6) is -1.61. The molecule has 0 aliphatic carbocycles. The third kappa shape index (κ3) is 5.41. The number of benzene rings is 1. The van der Waals surface area contributed by atoms with E-state index in [4.69, 9.17) is 10.5 Å². The molecule has 3 amide bonds. The number of hydrogen-bond donors (Lipinski definition) is 2. The van der Waals surface area contributed by atoms with Crippen LogP contribution in [-0.4, -0.2) is 60.2 Å². The van der Waals surface area contributed by atoms with Gasteiger partial charge in [0.15, 0.2) is 11.9 Å². The van der Waals surface area contributed by atoms with E-state index in [0.717, 1.165) is 0 Å². The summed E-state index contributed by atoms with van der Waals surface area (Å²) in [4.78, 5) is 50.9. The van der Waals surface area contributed by atoms with E-state index in [2.05, 4.69) is 5.32 Å². The van der Waals surface area contributed by atoms with Gasteiger partial charge in [0.2, 0.25) is 11.8 Å². The van der Waals surface area contributed by atoms with Crippen molar-refractivity contribution < 1.29 is 23.9 Å². The number of carbonyl (C=O) groups is 4. The summed E-state index contributed by atoms with van der Waals surface area (Å²) in [6, 6.07) is 6.64. The number of rotatable bonds is 8. The van der Waals surface area contributed by atoms with Crippen molar-refractivity contribution in [2.75, 3.05) is 13.7 Å². The van der Waals surface area contributed by atoms with Gasteiger partial charge in [-0.1, -0.05) is 39.0 Å². The van der Waals surface area contributed by atoms with Gasteiger partial charge in [0.1, 0.15) is 18.7 Å². The molecule has 3 N–H and O–H groups in total. The van der Waals surface area contributed by atoms with Crippen LogP contribution in [0.5, 0.6) is 0 Å². The van der Waals surface area contributed by atoms with Crippen molar-refractivity contribution in [3.05, 3.63) is 35.9 Å². The smallest absolute Gasteiger partial charge is 0.251 e. The van der Waals surface area contributed by atoms with Gasteiger partial charge >= 0.3 is 0 Å². The van der Waals surface area contributed by atoms with Gasteiger partial charge < -0.3 is 20.7 Å². The number of primary amides is 1. The predicted octanol–water partition coefficient (Wildman–Crippen LogP) is 0.747. The Morgan fingerprint density at radius 1 is 1.21 bits per heavy atom. The molecule has 0 bridgehead atoms. The first-order valence-corrected chi connectivity index (χ1v) is 9.69. The Morgan fingerprint density at radius 3 is 2.38 bits per heavy atom. The highest BCUT2D eigenvalue weighted by Gasteiger charge is 2.45. The molecule has 2 rings (SSSR count). The number of ether oxygens (including phenoxy) is 1. The summed E-state index contributed by atoms with van der Waals surface area (Å²) >= 11 is 0. The van der Waals surface area contributed by atoms with Gasteiger partial charge in [-0.15, -0.1) is 0 Å². The van der Waals surface area contributed by atoms with Gasteiger partial charge in [0, 0.05) is 12.6 Å². The monoisotopic (exact) mass is 403 g/mol. The van der Waals surface area contributed by atoms with Crippen molar-refractivity contribution in [3.63, 3.8) is 0 Å². The van der Waals surface area contributed by atoms with Crippen LogP contribution in [0, 0.1) is 11.8 Å². The van der Waals surface area contributed by atoms with Crippen molar-refractivity contribution >= 4 is 23.5 Å². The average Bonchev–Trinajstić information content (AvgIpc) is 3.08. The molecule has 1 aliphatic rings. The van der Waals surface area contributed by atoms with E-state index in [1.165, 1.54) is 11.9 Å². The minimum absolute atomic E-state index is 0.135. The summed E-state index contributed by atoms with van der Waals surface area (Å²) in [6.07, 6.45) is -0.799. The molecular formula is C21H29N3O5. The van der Waals surface area contributed by atoms with Gasteiger partial charge in [-0.05, 0) is 30.4 Å². The largest absolute Gasteiger partial charge is 0.367 e. The van der Waals surface area contributed by atoms with Crippen molar-refractivity contribution in [2.24, 2.45) is 17.6 Å². The molecule has 3 unspecified atom stereocenters. The zero-order valence-electron chi connectivity index (χ0n) is 17.3. The maximum atomic E-state index is 13.2. The molecule has 1 aliphatic heterocycles. The Labute approximate surface area is 170 Å².